The summed E-state index contributed by atoms with van der Waals surface area (Å²) in [4.78, 5) is 22.5. The van der Waals surface area contributed by atoms with Gasteiger partial charge >= 0.3 is 5.97 Å². The number of nitrogens with one attached hydrogen (secondary N) is 1. The van der Waals surface area contributed by atoms with Gasteiger partial charge in [-0.15, -0.1) is 21.5 Å². The molecule has 0 amide bonds. The van der Waals surface area contributed by atoms with Gasteiger partial charge in [0.2, 0.25) is 0 Å². The van der Waals surface area contributed by atoms with Gasteiger partial charge in [-0.1, -0.05) is 23.5 Å². The number of carbonyl (C=O) groups is 1. The summed E-state index contributed by atoms with van der Waals surface area (Å²) < 4.78 is 6.09. The Kier molecular flexibility index (Phi) is 5.36. The number of rotatable bonds is 6. The average molecular weight is 427 g/mol. The molecule has 0 saturated carbocycles. The molecule has 0 aliphatic heterocycles. The van der Waals surface area contributed by atoms with Gasteiger partial charge in [-0.3, -0.25) is 0 Å². The third-order valence-corrected chi connectivity index (χ3v) is 5.97. The Hall–Kier alpha value is -3.11. The molecule has 29 heavy (non-hydrogen) atoms. The van der Waals surface area contributed by atoms with E-state index in [2.05, 4.69) is 25.5 Å². The lowest BCUT2D eigenvalue weighted by molar-refractivity contribution is 0.0520. The van der Waals surface area contributed by atoms with E-state index in [-0.39, 0.29) is 5.69 Å². The third kappa shape index (κ3) is 4.03. The minimum absolute atomic E-state index is 0.289. The number of aromatic nitrogens is 4. The van der Waals surface area contributed by atoms with E-state index in [1.807, 2.05) is 44.3 Å². The maximum atomic E-state index is 11.8. The van der Waals surface area contributed by atoms with Crippen molar-refractivity contribution in [2.45, 2.75) is 13.8 Å². The van der Waals surface area contributed by atoms with Crippen molar-refractivity contribution in [2.75, 3.05) is 23.9 Å². The molecular weight excluding hydrogens is 408 g/mol. The van der Waals surface area contributed by atoms with Crippen molar-refractivity contribution < 1.29 is 9.53 Å². The van der Waals surface area contributed by atoms with Crippen LogP contribution in [0.4, 0.5) is 21.9 Å². The van der Waals surface area contributed by atoms with Crippen LogP contribution < -0.4 is 10.2 Å². The highest BCUT2D eigenvalue weighted by atomic mass is 32.1. The lowest BCUT2D eigenvalue weighted by atomic mass is 10.3. The van der Waals surface area contributed by atoms with E-state index in [1.54, 1.807) is 28.5 Å². The van der Waals surface area contributed by atoms with Crippen LogP contribution in [0.1, 0.15) is 23.0 Å². The Balaban J connectivity index is 1.52. The number of nitrogens with zero attached hydrogens (tertiary/aromatic N) is 5. The van der Waals surface area contributed by atoms with Gasteiger partial charge in [0, 0.05) is 12.4 Å². The predicted octanol–water partition coefficient (Wildman–Crippen LogP) is 4.54. The maximum Gasteiger partial charge on any atom is 0.357 e. The molecule has 1 N–H and O–H groups in total. The van der Waals surface area contributed by atoms with Gasteiger partial charge in [-0.2, -0.15) is 0 Å². The number of benzene rings is 1. The zero-order chi connectivity index (χ0) is 20.4. The number of ether oxygens (including phenoxy) is 1. The van der Waals surface area contributed by atoms with Crippen LogP contribution in [0.5, 0.6) is 0 Å². The fourth-order valence-electron chi connectivity index (χ4n) is 2.60. The quantitative estimate of drug-likeness (QED) is 0.449. The molecule has 4 rings (SSSR count). The number of fused-ring (bicyclic) bond motifs is 1. The van der Waals surface area contributed by atoms with E-state index in [0.29, 0.717) is 23.4 Å². The minimum Gasteiger partial charge on any atom is -0.461 e. The lowest BCUT2D eigenvalue weighted by Crippen LogP contribution is -2.13. The van der Waals surface area contributed by atoms with Crippen LogP contribution in [0.25, 0.3) is 10.2 Å². The molecule has 8 nitrogen and oxygen atoms in total. The summed E-state index contributed by atoms with van der Waals surface area (Å²) >= 11 is 2.91. The number of hydrogen-bond donors (Lipinski definition) is 1. The Morgan fingerprint density at radius 3 is 2.83 bits per heavy atom. The van der Waals surface area contributed by atoms with E-state index in [9.17, 15) is 4.79 Å². The molecule has 10 heteroatoms. The second-order valence-electron chi connectivity index (χ2n) is 6.14. The molecular formula is C19H18N6O2S2. The van der Waals surface area contributed by atoms with Crippen LogP contribution in [0.15, 0.2) is 35.7 Å². The molecule has 0 saturated heterocycles. The molecule has 0 aliphatic rings. The van der Waals surface area contributed by atoms with Crippen molar-refractivity contribution in [1.29, 1.82) is 0 Å². The molecule has 4 aromatic rings. The van der Waals surface area contributed by atoms with E-state index < -0.39 is 5.97 Å². The first-order valence-electron chi connectivity index (χ1n) is 8.88. The smallest absolute Gasteiger partial charge is 0.357 e. The summed E-state index contributed by atoms with van der Waals surface area (Å²) in [6.07, 6.45) is 0. The summed E-state index contributed by atoms with van der Waals surface area (Å²) in [5.41, 5.74) is 2.16. The first-order valence-corrected chi connectivity index (χ1v) is 10.6. The second kappa shape index (κ2) is 8.10. The van der Waals surface area contributed by atoms with Crippen LogP contribution >= 0.6 is 22.7 Å². The molecule has 148 valence electrons. The molecule has 0 bridgehead atoms. The molecule has 0 radical (unpaired) electrons. The van der Waals surface area contributed by atoms with Crippen LogP contribution in [0.2, 0.25) is 0 Å². The Morgan fingerprint density at radius 1 is 1.24 bits per heavy atom. The summed E-state index contributed by atoms with van der Waals surface area (Å²) in [5.74, 6) is 0.843. The molecule has 0 unspecified atom stereocenters. The SMILES string of the molecule is CCOC(=O)c1csc(N(C)c2cc(C)c(Nc3nc4ccccc4s3)nn2)n1. The van der Waals surface area contributed by atoms with E-state index in [0.717, 1.165) is 20.9 Å². The summed E-state index contributed by atoms with van der Waals surface area (Å²) in [6, 6.07) is 9.88. The van der Waals surface area contributed by atoms with E-state index in [4.69, 9.17) is 4.74 Å². The Bertz CT molecular complexity index is 1140. The Morgan fingerprint density at radius 2 is 2.07 bits per heavy atom. The lowest BCUT2D eigenvalue weighted by Gasteiger charge is -2.15. The van der Waals surface area contributed by atoms with Crippen molar-refractivity contribution >= 4 is 60.8 Å². The number of esters is 1. The molecule has 3 aromatic heterocycles. The van der Waals surface area contributed by atoms with Crippen LogP contribution in [-0.2, 0) is 4.74 Å². The predicted molar refractivity (Wildman–Crippen MR) is 116 cm³/mol. The van der Waals surface area contributed by atoms with Crippen molar-refractivity contribution in [2.24, 2.45) is 0 Å². The highest BCUT2D eigenvalue weighted by Crippen LogP contribution is 2.30. The van der Waals surface area contributed by atoms with Crippen molar-refractivity contribution in [3.8, 4) is 0 Å². The normalized spacial score (nSPS) is 10.9. The standard InChI is InChI=1S/C19H18N6O2S2/c1-4-27-17(26)13-10-28-19(21-13)25(3)15-9-11(2)16(24-23-15)22-18-20-12-7-5-6-8-14(12)29-18/h5-10H,4H2,1-3H3,(H,20,22,24). The highest BCUT2D eigenvalue weighted by Gasteiger charge is 2.17. The number of aryl methyl sites for hydroxylation is 1. The van der Waals surface area contributed by atoms with Gasteiger partial charge in [0.25, 0.3) is 0 Å². The summed E-state index contributed by atoms with van der Waals surface area (Å²) in [5, 5.41) is 14.9. The largest absolute Gasteiger partial charge is 0.461 e. The van der Waals surface area contributed by atoms with E-state index >= 15 is 0 Å². The van der Waals surface area contributed by atoms with Crippen molar-refractivity contribution in [3.63, 3.8) is 0 Å². The van der Waals surface area contributed by atoms with Gasteiger partial charge in [-0.25, -0.2) is 14.8 Å². The third-order valence-electron chi connectivity index (χ3n) is 4.10. The maximum absolute atomic E-state index is 11.8. The molecule has 0 fully saturated rings. The van der Waals surface area contributed by atoms with Crippen LogP contribution in [0.3, 0.4) is 0 Å². The zero-order valence-corrected chi connectivity index (χ0v) is 17.7. The minimum atomic E-state index is -0.430. The van der Waals surface area contributed by atoms with E-state index in [1.165, 1.54) is 11.3 Å². The molecule has 3 heterocycles. The van der Waals surface area contributed by atoms with Gasteiger partial charge < -0.3 is 15.0 Å². The average Bonchev–Trinajstić information content (AvgIpc) is 3.36. The fraction of sp³-hybridized carbons (Fsp3) is 0.211. The number of carbonyl (C=O) groups excluding carboxylic acids is 1. The fourth-order valence-corrected chi connectivity index (χ4v) is 4.23. The van der Waals surface area contributed by atoms with Crippen molar-refractivity contribution in [3.05, 3.63) is 47.0 Å². The molecule has 0 spiro atoms. The molecule has 0 aliphatic carbocycles. The first-order chi connectivity index (χ1) is 14.0. The number of para-hydroxylation sites is 1. The molecule has 0 atom stereocenters. The number of hydrogen-bond acceptors (Lipinski definition) is 10. The summed E-state index contributed by atoms with van der Waals surface area (Å²) in [6.45, 7) is 4.03. The molecule has 1 aromatic carbocycles. The second-order valence-corrected chi connectivity index (χ2v) is 8.01. The van der Waals surface area contributed by atoms with Crippen LogP contribution in [0, 0.1) is 6.92 Å². The first kappa shape index (κ1) is 19.2. The monoisotopic (exact) mass is 426 g/mol. The van der Waals surface area contributed by atoms with Gasteiger partial charge in [0.1, 0.15) is 0 Å². The van der Waals surface area contributed by atoms with Gasteiger partial charge in [0.05, 0.1) is 16.8 Å². The number of thiazole rings is 2. The summed E-state index contributed by atoms with van der Waals surface area (Å²) in [7, 11) is 1.83. The highest BCUT2D eigenvalue weighted by molar-refractivity contribution is 7.22. The Labute approximate surface area is 175 Å². The topological polar surface area (TPSA) is 93.1 Å². The van der Waals surface area contributed by atoms with Crippen LogP contribution in [-0.4, -0.2) is 39.8 Å². The van der Waals surface area contributed by atoms with Crippen molar-refractivity contribution in [1.82, 2.24) is 20.2 Å². The van der Waals surface area contributed by atoms with Gasteiger partial charge in [0.15, 0.2) is 27.6 Å². The zero-order valence-electron chi connectivity index (χ0n) is 16.0. The van der Waals surface area contributed by atoms with Gasteiger partial charge in [-0.05, 0) is 37.6 Å². The number of anilines is 4.